The average molecular weight is 239 g/mol. The zero-order valence-corrected chi connectivity index (χ0v) is 9.57. The summed E-state index contributed by atoms with van der Waals surface area (Å²) < 4.78 is 5.00. The minimum Gasteiger partial charge on any atom is -0.497 e. The van der Waals surface area contributed by atoms with E-state index in [4.69, 9.17) is 21.6 Å². The predicted octanol–water partition coefficient (Wildman–Crippen LogP) is 1.79. The van der Waals surface area contributed by atoms with Crippen molar-refractivity contribution >= 4 is 23.2 Å². The molecule has 0 N–H and O–H groups in total. The number of rotatable bonds is 4. The van der Waals surface area contributed by atoms with Gasteiger partial charge in [-0.25, -0.2) is 0 Å². The first kappa shape index (κ1) is 12.3. The number of alkyl halides is 1. The van der Waals surface area contributed by atoms with Crippen molar-refractivity contribution in [1.29, 1.82) is 5.26 Å². The highest BCUT2D eigenvalue weighted by Crippen LogP contribution is 2.19. The van der Waals surface area contributed by atoms with Crippen LogP contribution in [0.3, 0.4) is 0 Å². The third kappa shape index (κ3) is 2.88. The van der Waals surface area contributed by atoms with Gasteiger partial charge in [0.05, 0.1) is 13.2 Å². The molecule has 1 aromatic carbocycles. The van der Waals surface area contributed by atoms with Crippen molar-refractivity contribution in [2.45, 2.75) is 0 Å². The van der Waals surface area contributed by atoms with E-state index in [1.54, 1.807) is 31.4 Å². The number of benzene rings is 1. The molecule has 0 heterocycles. The van der Waals surface area contributed by atoms with Gasteiger partial charge in [-0.3, -0.25) is 9.69 Å². The van der Waals surface area contributed by atoms with Gasteiger partial charge in [0, 0.05) is 5.69 Å². The largest absolute Gasteiger partial charge is 0.497 e. The highest BCUT2D eigenvalue weighted by molar-refractivity contribution is 6.29. The molecule has 1 aromatic rings. The topological polar surface area (TPSA) is 53.3 Å². The van der Waals surface area contributed by atoms with Gasteiger partial charge in [0.25, 0.3) is 0 Å². The number of nitrogens with zero attached hydrogens (tertiary/aromatic N) is 2. The number of methoxy groups -OCH3 is 1. The number of hydrogen-bond donors (Lipinski definition) is 0. The summed E-state index contributed by atoms with van der Waals surface area (Å²) in [5, 5.41) is 8.63. The first-order valence-corrected chi connectivity index (χ1v) is 5.13. The van der Waals surface area contributed by atoms with E-state index < -0.39 is 0 Å². The zero-order valence-electron chi connectivity index (χ0n) is 8.81. The van der Waals surface area contributed by atoms with E-state index in [2.05, 4.69) is 0 Å². The number of carbonyl (C=O) groups is 1. The van der Waals surface area contributed by atoms with E-state index >= 15 is 0 Å². The molecule has 4 nitrogen and oxygen atoms in total. The standard InChI is InChI=1S/C11H11ClN2O2/c1-16-10-4-2-9(3-5-10)14(7-6-13)11(15)8-12/h2-5H,7-8H2,1H3. The molecule has 84 valence electrons. The van der Waals surface area contributed by atoms with Crippen LogP contribution in [0.25, 0.3) is 0 Å². The van der Waals surface area contributed by atoms with Gasteiger partial charge in [0.15, 0.2) is 0 Å². The fourth-order valence-electron chi connectivity index (χ4n) is 1.23. The molecule has 0 aliphatic carbocycles. The summed E-state index contributed by atoms with van der Waals surface area (Å²) in [4.78, 5) is 12.8. The molecular weight excluding hydrogens is 228 g/mol. The Morgan fingerprint density at radius 3 is 2.56 bits per heavy atom. The number of halogens is 1. The van der Waals surface area contributed by atoms with Crippen LogP contribution in [0.4, 0.5) is 5.69 Å². The zero-order chi connectivity index (χ0) is 12.0. The van der Waals surface area contributed by atoms with Gasteiger partial charge >= 0.3 is 0 Å². The van der Waals surface area contributed by atoms with E-state index in [9.17, 15) is 4.79 Å². The first-order chi connectivity index (χ1) is 7.72. The van der Waals surface area contributed by atoms with Gasteiger partial charge < -0.3 is 4.74 Å². The Kier molecular flexibility index (Phi) is 4.62. The van der Waals surface area contributed by atoms with E-state index in [0.29, 0.717) is 11.4 Å². The van der Waals surface area contributed by atoms with Crippen molar-refractivity contribution in [2.24, 2.45) is 0 Å². The molecule has 0 atom stereocenters. The molecule has 0 spiro atoms. The minimum absolute atomic E-state index is 0.0160. The van der Waals surface area contributed by atoms with Crippen LogP contribution in [0.1, 0.15) is 0 Å². The SMILES string of the molecule is COc1ccc(N(CC#N)C(=O)CCl)cc1. The number of anilines is 1. The smallest absolute Gasteiger partial charge is 0.242 e. The Balaban J connectivity index is 2.93. The lowest BCUT2D eigenvalue weighted by atomic mass is 10.2. The Bertz CT molecular complexity index is 397. The maximum atomic E-state index is 11.5. The molecule has 0 aliphatic heterocycles. The number of ether oxygens (including phenoxy) is 1. The minimum atomic E-state index is -0.298. The molecule has 0 saturated heterocycles. The molecule has 1 amide bonds. The molecule has 0 radical (unpaired) electrons. The van der Waals surface area contributed by atoms with Crippen LogP contribution in [-0.2, 0) is 4.79 Å². The second-order valence-corrected chi connectivity index (χ2v) is 3.24. The van der Waals surface area contributed by atoms with Crippen LogP contribution in [-0.4, -0.2) is 25.4 Å². The van der Waals surface area contributed by atoms with Crippen molar-refractivity contribution in [3.63, 3.8) is 0 Å². The number of amides is 1. The van der Waals surface area contributed by atoms with Crippen LogP contribution < -0.4 is 9.64 Å². The third-order valence-corrected chi connectivity index (χ3v) is 2.26. The Morgan fingerprint density at radius 1 is 1.50 bits per heavy atom. The highest BCUT2D eigenvalue weighted by atomic mass is 35.5. The highest BCUT2D eigenvalue weighted by Gasteiger charge is 2.13. The number of nitriles is 1. The van der Waals surface area contributed by atoms with E-state index in [0.717, 1.165) is 0 Å². The Hall–Kier alpha value is -1.73. The van der Waals surface area contributed by atoms with E-state index in [1.165, 1.54) is 4.90 Å². The number of hydrogen-bond acceptors (Lipinski definition) is 3. The van der Waals surface area contributed by atoms with Crippen molar-refractivity contribution < 1.29 is 9.53 Å². The lowest BCUT2D eigenvalue weighted by Gasteiger charge is -2.18. The van der Waals surface area contributed by atoms with Crippen LogP contribution in [0.5, 0.6) is 5.75 Å². The monoisotopic (exact) mass is 238 g/mol. The fourth-order valence-corrected chi connectivity index (χ4v) is 1.37. The van der Waals surface area contributed by atoms with Crippen LogP contribution in [0.15, 0.2) is 24.3 Å². The third-order valence-electron chi connectivity index (χ3n) is 2.03. The van der Waals surface area contributed by atoms with Gasteiger partial charge in [-0.2, -0.15) is 5.26 Å². The lowest BCUT2D eigenvalue weighted by molar-refractivity contribution is -0.116. The van der Waals surface area contributed by atoms with Gasteiger partial charge in [0.2, 0.25) is 5.91 Å². The van der Waals surface area contributed by atoms with Crippen LogP contribution >= 0.6 is 11.6 Å². The molecule has 0 bridgehead atoms. The molecule has 16 heavy (non-hydrogen) atoms. The molecule has 0 fully saturated rings. The van der Waals surface area contributed by atoms with Crippen LogP contribution in [0.2, 0.25) is 0 Å². The van der Waals surface area contributed by atoms with Crippen molar-refractivity contribution in [1.82, 2.24) is 0 Å². The first-order valence-electron chi connectivity index (χ1n) is 4.60. The summed E-state index contributed by atoms with van der Waals surface area (Å²) in [5.41, 5.74) is 0.632. The summed E-state index contributed by atoms with van der Waals surface area (Å²) in [6.07, 6.45) is 0. The van der Waals surface area contributed by atoms with Gasteiger partial charge in [-0.1, -0.05) is 0 Å². The Labute approximate surface area is 99.0 Å². The van der Waals surface area contributed by atoms with Crippen molar-refractivity contribution in [3.05, 3.63) is 24.3 Å². The molecule has 0 aliphatic rings. The predicted molar refractivity (Wildman–Crippen MR) is 61.7 cm³/mol. The van der Waals surface area contributed by atoms with Crippen molar-refractivity contribution in [2.75, 3.05) is 24.4 Å². The summed E-state index contributed by atoms with van der Waals surface area (Å²) >= 11 is 5.47. The van der Waals surface area contributed by atoms with Gasteiger partial charge in [0.1, 0.15) is 18.2 Å². The summed E-state index contributed by atoms with van der Waals surface area (Å²) in [7, 11) is 1.56. The van der Waals surface area contributed by atoms with Gasteiger partial charge in [-0.05, 0) is 24.3 Å². The summed E-state index contributed by atoms with van der Waals surface area (Å²) in [5.74, 6) is 0.251. The molecule has 1 rings (SSSR count). The van der Waals surface area contributed by atoms with E-state index in [1.807, 2.05) is 6.07 Å². The molecule has 0 unspecified atom stereocenters. The number of carbonyl (C=O) groups excluding carboxylic acids is 1. The maximum absolute atomic E-state index is 11.5. The Morgan fingerprint density at radius 2 is 2.12 bits per heavy atom. The average Bonchev–Trinajstić information content (AvgIpc) is 2.35. The molecule has 0 aromatic heterocycles. The van der Waals surface area contributed by atoms with Crippen molar-refractivity contribution in [3.8, 4) is 11.8 Å². The summed E-state index contributed by atoms with van der Waals surface area (Å²) in [6.45, 7) is -0.0160. The van der Waals surface area contributed by atoms with E-state index in [-0.39, 0.29) is 18.3 Å². The second kappa shape index (κ2) is 5.99. The molecule has 0 saturated carbocycles. The fraction of sp³-hybridized carbons (Fsp3) is 0.273. The normalized spacial score (nSPS) is 9.31. The summed E-state index contributed by atoms with van der Waals surface area (Å²) in [6, 6.07) is 8.79. The van der Waals surface area contributed by atoms with Crippen LogP contribution in [0, 0.1) is 11.3 Å². The second-order valence-electron chi connectivity index (χ2n) is 2.97. The van der Waals surface area contributed by atoms with Gasteiger partial charge in [-0.15, -0.1) is 11.6 Å². The maximum Gasteiger partial charge on any atom is 0.242 e. The molecular formula is C11H11ClN2O2. The quantitative estimate of drug-likeness (QED) is 0.594. The molecule has 5 heteroatoms. The lowest BCUT2D eigenvalue weighted by Crippen LogP contribution is -2.32.